The van der Waals surface area contributed by atoms with Crippen LogP contribution in [0.1, 0.15) is 51.5 Å². The van der Waals surface area contributed by atoms with Crippen LogP contribution in [-0.2, 0) is 17.9 Å². The number of aryl methyl sites for hydroxylation is 2. The highest BCUT2D eigenvalue weighted by Crippen LogP contribution is 2.20. The summed E-state index contributed by atoms with van der Waals surface area (Å²) < 4.78 is 0. The van der Waals surface area contributed by atoms with Crippen LogP contribution in [0.15, 0.2) is 66.7 Å². The minimum absolute atomic E-state index is 0.0336. The smallest absolute Gasteiger partial charge is 0.254 e. The van der Waals surface area contributed by atoms with E-state index >= 15 is 0 Å². The van der Waals surface area contributed by atoms with E-state index in [2.05, 4.69) is 32.9 Å². The Morgan fingerprint density at radius 2 is 1.58 bits per heavy atom. The van der Waals surface area contributed by atoms with Gasteiger partial charge in [-0.15, -0.1) is 11.3 Å². The zero-order chi connectivity index (χ0) is 23.8. The third-order valence-corrected chi connectivity index (χ3v) is 6.84. The Morgan fingerprint density at radius 1 is 0.879 bits per heavy atom. The van der Waals surface area contributed by atoms with Crippen LogP contribution in [0.5, 0.6) is 0 Å². The highest BCUT2D eigenvalue weighted by Gasteiger charge is 2.24. The summed E-state index contributed by atoms with van der Waals surface area (Å²) in [6, 6.07) is 21.8. The molecule has 1 heterocycles. The fourth-order valence-electron chi connectivity index (χ4n) is 3.66. The Morgan fingerprint density at radius 3 is 2.18 bits per heavy atom. The summed E-state index contributed by atoms with van der Waals surface area (Å²) in [4.78, 5) is 32.9. The number of carbonyl (C=O) groups is 2. The van der Waals surface area contributed by atoms with Crippen LogP contribution in [-0.4, -0.2) is 34.7 Å². The Labute approximate surface area is 201 Å². The van der Waals surface area contributed by atoms with Gasteiger partial charge < -0.3 is 9.80 Å². The molecule has 2 aromatic carbocycles. The molecule has 33 heavy (non-hydrogen) atoms. The lowest BCUT2D eigenvalue weighted by Gasteiger charge is -2.29. The molecular formula is C28H34N2O2S. The van der Waals surface area contributed by atoms with Crippen LogP contribution in [0, 0.1) is 19.8 Å². The topological polar surface area (TPSA) is 40.6 Å². The van der Waals surface area contributed by atoms with Crippen molar-refractivity contribution in [1.82, 2.24) is 9.80 Å². The maximum absolute atomic E-state index is 13.6. The van der Waals surface area contributed by atoms with E-state index in [1.54, 1.807) is 16.2 Å². The summed E-state index contributed by atoms with van der Waals surface area (Å²) in [6.07, 6.45) is 0.952. The maximum Gasteiger partial charge on any atom is 0.254 e. The normalized spacial score (nSPS) is 11.8. The van der Waals surface area contributed by atoms with Gasteiger partial charge in [-0.1, -0.05) is 68.3 Å². The van der Waals surface area contributed by atoms with Gasteiger partial charge in [0.05, 0.1) is 6.54 Å². The number of nitrogens with zero attached hydrogens (tertiary/aromatic N) is 2. The van der Waals surface area contributed by atoms with Gasteiger partial charge in [0, 0.05) is 28.4 Å². The standard InChI is InChI=1S/C28H34N2O2S/c1-5-21(2)17-30(28(32)25-14-11-22(3)12-15-25)20-27(31)29(18-24-9-7-6-8-10-24)19-26-16-13-23(4)33-26/h6-16,21H,5,17-20H2,1-4H3. The second-order valence-electron chi connectivity index (χ2n) is 8.81. The average Bonchev–Trinajstić information content (AvgIpc) is 3.23. The third kappa shape index (κ3) is 7.29. The molecule has 0 bridgehead atoms. The van der Waals surface area contributed by atoms with Crippen LogP contribution in [0.25, 0.3) is 0 Å². The van der Waals surface area contributed by atoms with Crippen molar-refractivity contribution in [3.63, 3.8) is 0 Å². The Kier molecular flexibility index (Phi) is 8.84. The Balaban J connectivity index is 1.82. The molecule has 0 fully saturated rings. The molecule has 1 unspecified atom stereocenters. The molecule has 1 aromatic heterocycles. The summed E-state index contributed by atoms with van der Waals surface area (Å²) in [7, 11) is 0. The van der Waals surface area contributed by atoms with Gasteiger partial charge in [0.1, 0.15) is 6.54 Å². The van der Waals surface area contributed by atoms with Crippen molar-refractivity contribution in [2.24, 2.45) is 5.92 Å². The molecule has 3 rings (SSSR count). The van der Waals surface area contributed by atoms with Crippen LogP contribution < -0.4 is 0 Å². The van der Waals surface area contributed by atoms with Crippen LogP contribution >= 0.6 is 11.3 Å². The van der Waals surface area contributed by atoms with E-state index in [0.29, 0.717) is 31.1 Å². The number of hydrogen-bond donors (Lipinski definition) is 0. The number of benzene rings is 2. The van der Waals surface area contributed by atoms with E-state index in [0.717, 1.165) is 22.4 Å². The largest absolute Gasteiger partial charge is 0.332 e. The molecule has 0 aliphatic rings. The molecule has 2 amide bonds. The molecule has 4 nitrogen and oxygen atoms in total. The van der Waals surface area contributed by atoms with Gasteiger partial charge in [-0.25, -0.2) is 0 Å². The van der Waals surface area contributed by atoms with Gasteiger partial charge >= 0.3 is 0 Å². The van der Waals surface area contributed by atoms with Gasteiger partial charge in [-0.2, -0.15) is 0 Å². The molecule has 0 aliphatic heterocycles. The van der Waals surface area contributed by atoms with E-state index < -0.39 is 0 Å². The highest BCUT2D eigenvalue weighted by atomic mass is 32.1. The van der Waals surface area contributed by atoms with Crippen molar-refractivity contribution in [2.75, 3.05) is 13.1 Å². The second kappa shape index (κ2) is 11.8. The van der Waals surface area contributed by atoms with Crippen molar-refractivity contribution >= 4 is 23.2 Å². The van der Waals surface area contributed by atoms with Crippen molar-refractivity contribution in [2.45, 2.75) is 47.2 Å². The first kappa shape index (κ1) is 24.7. The fraction of sp³-hybridized carbons (Fsp3) is 0.357. The SMILES string of the molecule is CCC(C)CN(CC(=O)N(Cc1ccccc1)Cc1ccc(C)s1)C(=O)c1ccc(C)cc1. The van der Waals surface area contributed by atoms with Gasteiger partial charge in [-0.3, -0.25) is 9.59 Å². The minimum atomic E-state index is -0.0877. The summed E-state index contributed by atoms with van der Waals surface area (Å²) >= 11 is 1.71. The summed E-state index contributed by atoms with van der Waals surface area (Å²) in [5.41, 5.74) is 2.81. The van der Waals surface area contributed by atoms with Crippen LogP contribution in [0.3, 0.4) is 0 Å². The molecule has 0 radical (unpaired) electrons. The summed E-state index contributed by atoms with van der Waals surface area (Å²) in [5, 5.41) is 0. The quantitative estimate of drug-likeness (QED) is 0.366. The van der Waals surface area contributed by atoms with E-state index in [1.807, 2.05) is 66.4 Å². The molecule has 0 aliphatic carbocycles. The maximum atomic E-state index is 13.6. The van der Waals surface area contributed by atoms with Gasteiger partial charge in [0.2, 0.25) is 5.91 Å². The van der Waals surface area contributed by atoms with Crippen molar-refractivity contribution in [3.05, 3.63) is 93.2 Å². The third-order valence-electron chi connectivity index (χ3n) is 5.85. The number of amides is 2. The lowest BCUT2D eigenvalue weighted by Crippen LogP contribution is -2.44. The molecule has 5 heteroatoms. The molecule has 0 N–H and O–H groups in total. The Bertz CT molecular complexity index is 1040. The van der Waals surface area contributed by atoms with Gasteiger partial charge in [0.15, 0.2) is 0 Å². The average molecular weight is 463 g/mol. The van der Waals surface area contributed by atoms with Crippen molar-refractivity contribution < 1.29 is 9.59 Å². The van der Waals surface area contributed by atoms with Gasteiger partial charge in [0.25, 0.3) is 5.91 Å². The lowest BCUT2D eigenvalue weighted by molar-refractivity contribution is -0.133. The molecular weight excluding hydrogens is 428 g/mol. The number of thiophene rings is 1. The first-order valence-corrected chi connectivity index (χ1v) is 12.4. The molecule has 3 aromatic rings. The van der Waals surface area contributed by atoms with Gasteiger partial charge in [-0.05, 0) is 49.6 Å². The molecule has 174 valence electrons. The molecule has 0 spiro atoms. The minimum Gasteiger partial charge on any atom is -0.332 e. The van der Waals surface area contributed by atoms with E-state index in [1.165, 1.54) is 4.88 Å². The predicted octanol–water partition coefficient (Wildman–Crippen LogP) is 6.08. The molecule has 0 saturated heterocycles. The van der Waals surface area contributed by atoms with Crippen molar-refractivity contribution in [3.8, 4) is 0 Å². The first-order valence-electron chi connectivity index (χ1n) is 11.6. The second-order valence-corrected chi connectivity index (χ2v) is 10.2. The zero-order valence-corrected chi connectivity index (χ0v) is 20.9. The predicted molar refractivity (Wildman–Crippen MR) is 136 cm³/mol. The lowest BCUT2D eigenvalue weighted by atomic mass is 10.1. The molecule has 1 atom stereocenters. The van der Waals surface area contributed by atoms with Crippen LogP contribution in [0.4, 0.5) is 0 Å². The monoisotopic (exact) mass is 462 g/mol. The summed E-state index contributed by atoms with van der Waals surface area (Å²) in [6.45, 7) is 10.0. The van der Waals surface area contributed by atoms with E-state index in [4.69, 9.17) is 0 Å². The number of hydrogen-bond acceptors (Lipinski definition) is 3. The molecule has 0 saturated carbocycles. The number of carbonyl (C=O) groups excluding carboxylic acids is 2. The van der Waals surface area contributed by atoms with Crippen LogP contribution in [0.2, 0.25) is 0 Å². The zero-order valence-electron chi connectivity index (χ0n) is 20.1. The summed E-state index contributed by atoms with van der Waals surface area (Å²) in [5.74, 6) is 0.193. The van der Waals surface area contributed by atoms with E-state index in [-0.39, 0.29) is 18.4 Å². The Hall–Kier alpha value is -2.92. The number of rotatable bonds is 10. The highest BCUT2D eigenvalue weighted by molar-refractivity contribution is 7.11. The van der Waals surface area contributed by atoms with E-state index in [9.17, 15) is 9.59 Å². The fourth-order valence-corrected chi connectivity index (χ4v) is 4.57. The van der Waals surface area contributed by atoms with Crippen molar-refractivity contribution in [1.29, 1.82) is 0 Å². The first-order chi connectivity index (χ1) is 15.9.